The van der Waals surface area contributed by atoms with E-state index in [1.807, 2.05) is 20.8 Å². The van der Waals surface area contributed by atoms with E-state index in [4.69, 9.17) is 0 Å². The molecule has 78 valence electrons. The predicted molar refractivity (Wildman–Crippen MR) is 54.8 cm³/mol. The molecule has 0 heterocycles. The van der Waals surface area contributed by atoms with E-state index in [0.717, 1.165) is 11.6 Å². The molecular weight excluding hydrogens is 181 g/mol. The average Bonchev–Trinajstić information content (AvgIpc) is 2.01. The van der Waals surface area contributed by atoms with E-state index in [2.05, 4.69) is 5.32 Å². The molecule has 1 rings (SSSR count). The van der Waals surface area contributed by atoms with E-state index in [0.29, 0.717) is 6.04 Å². The minimum atomic E-state index is -0.414. The van der Waals surface area contributed by atoms with Crippen LogP contribution in [-0.4, -0.2) is 11.1 Å². The summed E-state index contributed by atoms with van der Waals surface area (Å²) in [5.41, 5.74) is 0.722. The Morgan fingerprint density at radius 3 is 2.43 bits per heavy atom. The number of hydrogen-bond donors (Lipinski definition) is 2. The molecule has 0 amide bonds. The first kappa shape index (κ1) is 11.0. The largest absolute Gasteiger partial charge is 0.508 e. The van der Waals surface area contributed by atoms with Gasteiger partial charge in [-0.3, -0.25) is 0 Å². The Balaban J connectivity index is 2.84. The molecule has 0 saturated heterocycles. The van der Waals surface area contributed by atoms with Crippen molar-refractivity contribution in [2.45, 2.75) is 32.9 Å². The molecule has 0 aliphatic rings. The predicted octanol–water partition coefficient (Wildman–Crippen LogP) is 2.59. The molecule has 0 bridgehead atoms. The van der Waals surface area contributed by atoms with Gasteiger partial charge < -0.3 is 10.4 Å². The summed E-state index contributed by atoms with van der Waals surface area (Å²) in [6.07, 6.45) is 0. The SMILES string of the molecule is CC(C)NC(C)c1ccc(F)cc1O. The summed E-state index contributed by atoms with van der Waals surface area (Å²) in [4.78, 5) is 0. The van der Waals surface area contributed by atoms with Crippen LogP contribution in [0.15, 0.2) is 18.2 Å². The van der Waals surface area contributed by atoms with Gasteiger partial charge in [0.1, 0.15) is 11.6 Å². The van der Waals surface area contributed by atoms with Gasteiger partial charge in [-0.05, 0) is 13.0 Å². The molecule has 1 unspecified atom stereocenters. The fourth-order valence-corrected chi connectivity index (χ4v) is 1.47. The molecule has 2 nitrogen and oxygen atoms in total. The second-order valence-electron chi connectivity index (χ2n) is 3.75. The van der Waals surface area contributed by atoms with Gasteiger partial charge in [-0.15, -0.1) is 0 Å². The Labute approximate surface area is 83.8 Å². The molecule has 0 saturated carbocycles. The van der Waals surface area contributed by atoms with Gasteiger partial charge in [0.15, 0.2) is 0 Å². The highest BCUT2D eigenvalue weighted by molar-refractivity contribution is 5.34. The number of nitrogens with one attached hydrogen (secondary N) is 1. The highest BCUT2D eigenvalue weighted by atomic mass is 19.1. The van der Waals surface area contributed by atoms with Gasteiger partial charge in [0, 0.05) is 23.7 Å². The zero-order chi connectivity index (χ0) is 10.7. The Morgan fingerprint density at radius 2 is 1.93 bits per heavy atom. The van der Waals surface area contributed by atoms with E-state index in [-0.39, 0.29) is 11.8 Å². The molecule has 0 aliphatic carbocycles. The Hall–Kier alpha value is -1.09. The van der Waals surface area contributed by atoms with Crippen LogP contribution in [0.25, 0.3) is 0 Å². The third-order valence-corrected chi connectivity index (χ3v) is 2.04. The molecule has 1 aromatic carbocycles. The maximum absolute atomic E-state index is 12.7. The molecule has 0 aliphatic heterocycles. The highest BCUT2D eigenvalue weighted by Crippen LogP contribution is 2.24. The number of phenolic OH excluding ortho intramolecular Hbond substituents is 1. The van der Waals surface area contributed by atoms with Gasteiger partial charge >= 0.3 is 0 Å². The van der Waals surface area contributed by atoms with E-state index in [9.17, 15) is 9.50 Å². The summed E-state index contributed by atoms with van der Waals surface area (Å²) in [5, 5.41) is 12.7. The lowest BCUT2D eigenvalue weighted by molar-refractivity contribution is 0.437. The van der Waals surface area contributed by atoms with Gasteiger partial charge in [0.05, 0.1) is 0 Å². The van der Waals surface area contributed by atoms with Crippen molar-refractivity contribution in [1.29, 1.82) is 0 Å². The number of halogens is 1. The van der Waals surface area contributed by atoms with Crippen LogP contribution in [0.2, 0.25) is 0 Å². The van der Waals surface area contributed by atoms with Crippen LogP contribution in [0.3, 0.4) is 0 Å². The average molecular weight is 197 g/mol. The summed E-state index contributed by atoms with van der Waals surface area (Å²) in [5.74, 6) is -0.409. The lowest BCUT2D eigenvalue weighted by Crippen LogP contribution is -2.26. The number of hydrogen-bond acceptors (Lipinski definition) is 2. The molecule has 1 aromatic rings. The van der Waals surface area contributed by atoms with E-state index >= 15 is 0 Å². The van der Waals surface area contributed by atoms with E-state index < -0.39 is 5.82 Å². The zero-order valence-corrected chi connectivity index (χ0v) is 8.71. The van der Waals surface area contributed by atoms with Crippen molar-refractivity contribution >= 4 is 0 Å². The van der Waals surface area contributed by atoms with Crippen LogP contribution in [0.4, 0.5) is 4.39 Å². The molecule has 2 N–H and O–H groups in total. The quantitative estimate of drug-likeness (QED) is 0.780. The van der Waals surface area contributed by atoms with Crippen molar-refractivity contribution in [3.63, 3.8) is 0 Å². The number of rotatable bonds is 3. The van der Waals surface area contributed by atoms with Gasteiger partial charge in [-0.1, -0.05) is 19.9 Å². The van der Waals surface area contributed by atoms with E-state index in [1.165, 1.54) is 6.07 Å². The second-order valence-corrected chi connectivity index (χ2v) is 3.75. The normalized spacial score (nSPS) is 13.2. The van der Waals surface area contributed by atoms with Gasteiger partial charge in [-0.2, -0.15) is 0 Å². The smallest absolute Gasteiger partial charge is 0.126 e. The topological polar surface area (TPSA) is 32.3 Å². The van der Waals surface area contributed by atoms with E-state index in [1.54, 1.807) is 6.07 Å². The first-order valence-electron chi connectivity index (χ1n) is 4.75. The highest BCUT2D eigenvalue weighted by Gasteiger charge is 2.11. The Morgan fingerprint density at radius 1 is 1.29 bits per heavy atom. The van der Waals surface area contributed by atoms with Gasteiger partial charge in [0.25, 0.3) is 0 Å². The van der Waals surface area contributed by atoms with Gasteiger partial charge in [-0.25, -0.2) is 4.39 Å². The third kappa shape index (κ3) is 2.70. The van der Waals surface area contributed by atoms with Crippen LogP contribution >= 0.6 is 0 Å². The first-order valence-corrected chi connectivity index (χ1v) is 4.75. The lowest BCUT2D eigenvalue weighted by Gasteiger charge is -2.18. The molecule has 0 fully saturated rings. The molecule has 1 atom stereocenters. The third-order valence-electron chi connectivity index (χ3n) is 2.04. The van der Waals surface area contributed by atoms with Crippen molar-refractivity contribution in [3.05, 3.63) is 29.6 Å². The summed E-state index contributed by atoms with van der Waals surface area (Å²) in [6, 6.07) is 4.44. The summed E-state index contributed by atoms with van der Waals surface area (Å²) < 4.78 is 12.7. The second kappa shape index (κ2) is 4.42. The molecular formula is C11H16FNO. The van der Waals surface area contributed by atoms with Crippen molar-refractivity contribution in [2.24, 2.45) is 0 Å². The molecule has 14 heavy (non-hydrogen) atoms. The maximum atomic E-state index is 12.7. The van der Waals surface area contributed by atoms with Crippen LogP contribution < -0.4 is 5.32 Å². The summed E-state index contributed by atoms with van der Waals surface area (Å²) in [7, 11) is 0. The van der Waals surface area contributed by atoms with Crippen molar-refractivity contribution in [3.8, 4) is 5.75 Å². The summed E-state index contributed by atoms with van der Waals surface area (Å²) >= 11 is 0. The van der Waals surface area contributed by atoms with Gasteiger partial charge in [0.2, 0.25) is 0 Å². The monoisotopic (exact) mass is 197 g/mol. The molecule has 3 heteroatoms. The molecule has 0 spiro atoms. The lowest BCUT2D eigenvalue weighted by atomic mass is 10.1. The fraction of sp³-hybridized carbons (Fsp3) is 0.455. The Bertz CT molecular complexity index is 312. The first-order chi connectivity index (χ1) is 6.50. The van der Waals surface area contributed by atoms with Crippen molar-refractivity contribution < 1.29 is 9.50 Å². The van der Waals surface area contributed by atoms with Crippen molar-refractivity contribution in [2.75, 3.05) is 0 Å². The fourth-order valence-electron chi connectivity index (χ4n) is 1.47. The van der Waals surface area contributed by atoms with Crippen LogP contribution in [0.5, 0.6) is 5.75 Å². The Kier molecular flexibility index (Phi) is 3.47. The van der Waals surface area contributed by atoms with Crippen LogP contribution in [-0.2, 0) is 0 Å². The number of benzene rings is 1. The van der Waals surface area contributed by atoms with Crippen LogP contribution in [0, 0.1) is 5.82 Å². The van der Waals surface area contributed by atoms with Crippen molar-refractivity contribution in [1.82, 2.24) is 5.32 Å². The molecule has 0 radical (unpaired) electrons. The number of phenols is 1. The van der Waals surface area contributed by atoms with Crippen LogP contribution in [0.1, 0.15) is 32.4 Å². The number of aromatic hydroxyl groups is 1. The zero-order valence-electron chi connectivity index (χ0n) is 8.71. The minimum Gasteiger partial charge on any atom is -0.508 e. The minimum absolute atomic E-state index is 0.00523. The standard InChI is InChI=1S/C11H16FNO/c1-7(2)13-8(3)10-5-4-9(12)6-11(10)14/h4-8,13-14H,1-3H3. The summed E-state index contributed by atoms with van der Waals surface area (Å²) in [6.45, 7) is 5.99. The molecule has 0 aromatic heterocycles. The maximum Gasteiger partial charge on any atom is 0.126 e.